The standard InChI is InChI=1S/C21H13NO3/c23-19(14-6-2-1-3-7-14)15-10-12-16(13-11-15)20-22-18-9-5-4-8-17(18)21(24)25-20/h1-13H. The lowest BCUT2D eigenvalue weighted by Crippen LogP contribution is -2.03. The van der Waals surface area contributed by atoms with Gasteiger partial charge < -0.3 is 4.42 Å². The summed E-state index contributed by atoms with van der Waals surface area (Å²) in [6, 6.07) is 23.0. The first kappa shape index (κ1) is 15.0. The molecule has 0 unspecified atom stereocenters. The summed E-state index contributed by atoms with van der Waals surface area (Å²) >= 11 is 0. The average molecular weight is 327 g/mol. The Kier molecular flexibility index (Phi) is 3.71. The van der Waals surface area contributed by atoms with Crippen LogP contribution in [0.1, 0.15) is 15.9 Å². The van der Waals surface area contributed by atoms with Crippen molar-refractivity contribution in [2.75, 3.05) is 0 Å². The van der Waals surface area contributed by atoms with E-state index in [9.17, 15) is 9.59 Å². The number of hydrogen-bond acceptors (Lipinski definition) is 4. The minimum absolute atomic E-state index is 0.0555. The van der Waals surface area contributed by atoms with Gasteiger partial charge in [-0.1, -0.05) is 54.6 Å². The maximum atomic E-state index is 12.4. The second kappa shape index (κ2) is 6.17. The van der Waals surface area contributed by atoms with Gasteiger partial charge in [0.15, 0.2) is 5.78 Å². The van der Waals surface area contributed by atoms with E-state index >= 15 is 0 Å². The van der Waals surface area contributed by atoms with Crippen LogP contribution in [0.3, 0.4) is 0 Å². The molecule has 0 radical (unpaired) electrons. The Labute approximate surface area is 143 Å². The van der Waals surface area contributed by atoms with Crippen molar-refractivity contribution in [1.82, 2.24) is 4.98 Å². The van der Waals surface area contributed by atoms with E-state index in [0.29, 0.717) is 27.6 Å². The Morgan fingerprint density at radius 1 is 0.760 bits per heavy atom. The van der Waals surface area contributed by atoms with Crippen LogP contribution in [0, 0.1) is 0 Å². The second-order valence-electron chi connectivity index (χ2n) is 5.60. The topological polar surface area (TPSA) is 60.2 Å². The normalized spacial score (nSPS) is 10.7. The Morgan fingerprint density at radius 3 is 2.16 bits per heavy atom. The summed E-state index contributed by atoms with van der Waals surface area (Å²) in [7, 11) is 0. The third-order valence-corrected chi connectivity index (χ3v) is 3.97. The summed E-state index contributed by atoms with van der Waals surface area (Å²) in [5, 5.41) is 0.446. The Balaban J connectivity index is 1.71. The molecule has 4 heteroatoms. The van der Waals surface area contributed by atoms with Crippen molar-refractivity contribution in [3.8, 4) is 11.5 Å². The largest absolute Gasteiger partial charge is 0.403 e. The van der Waals surface area contributed by atoms with Crippen LogP contribution in [0.25, 0.3) is 22.4 Å². The highest BCUT2D eigenvalue weighted by molar-refractivity contribution is 6.09. The number of carbonyl (C=O) groups is 1. The molecule has 0 amide bonds. The lowest BCUT2D eigenvalue weighted by molar-refractivity contribution is 0.103. The van der Waals surface area contributed by atoms with E-state index in [1.807, 2.05) is 24.3 Å². The van der Waals surface area contributed by atoms with Crippen LogP contribution in [-0.2, 0) is 0 Å². The molecule has 4 nitrogen and oxygen atoms in total. The summed E-state index contributed by atoms with van der Waals surface area (Å²) < 4.78 is 5.31. The molecule has 1 aromatic heterocycles. The van der Waals surface area contributed by atoms with Gasteiger partial charge in [-0.2, -0.15) is 0 Å². The van der Waals surface area contributed by atoms with Crippen molar-refractivity contribution >= 4 is 16.7 Å². The highest BCUT2D eigenvalue weighted by Gasteiger charge is 2.11. The second-order valence-corrected chi connectivity index (χ2v) is 5.60. The fourth-order valence-electron chi connectivity index (χ4n) is 2.66. The molecule has 0 N–H and O–H groups in total. The van der Waals surface area contributed by atoms with E-state index < -0.39 is 5.63 Å². The quantitative estimate of drug-likeness (QED) is 0.532. The van der Waals surface area contributed by atoms with Crippen LogP contribution < -0.4 is 5.63 Å². The molecule has 0 spiro atoms. The number of carbonyl (C=O) groups excluding carboxylic acids is 1. The molecule has 0 saturated carbocycles. The van der Waals surface area contributed by atoms with Gasteiger partial charge in [0.1, 0.15) is 0 Å². The number of rotatable bonds is 3. The van der Waals surface area contributed by atoms with E-state index in [2.05, 4.69) is 4.98 Å². The molecule has 0 aliphatic carbocycles. The molecule has 0 fully saturated rings. The first-order valence-electron chi connectivity index (χ1n) is 7.82. The maximum Gasteiger partial charge on any atom is 0.347 e. The number of benzene rings is 3. The van der Waals surface area contributed by atoms with Crippen LogP contribution in [0.4, 0.5) is 0 Å². The lowest BCUT2D eigenvalue weighted by Gasteiger charge is -2.04. The summed E-state index contributed by atoms with van der Waals surface area (Å²) in [5.41, 5.74) is 2.00. The SMILES string of the molecule is O=C(c1ccccc1)c1ccc(-c2nc3ccccc3c(=O)o2)cc1. The predicted molar refractivity (Wildman–Crippen MR) is 95.6 cm³/mol. The Hall–Kier alpha value is -3.53. The van der Waals surface area contributed by atoms with Gasteiger partial charge >= 0.3 is 5.63 Å². The molecule has 0 aliphatic heterocycles. The first-order chi connectivity index (χ1) is 12.2. The van der Waals surface area contributed by atoms with Gasteiger partial charge in [0.05, 0.1) is 10.9 Å². The Bertz CT molecular complexity index is 1110. The average Bonchev–Trinajstić information content (AvgIpc) is 2.68. The van der Waals surface area contributed by atoms with Gasteiger partial charge in [0, 0.05) is 16.7 Å². The van der Waals surface area contributed by atoms with E-state index in [1.54, 1.807) is 54.6 Å². The zero-order valence-corrected chi connectivity index (χ0v) is 13.2. The van der Waals surface area contributed by atoms with Crippen LogP contribution in [0.2, 0.25) is 0 Å². The van der Waals surface area contributed by atoms with Crippen LogP contribution in [0.15, 0.2) is 88.1 Å². The summed E-state index contributed by atoms with van der Waals surface area (Å²) in [6.07, 6.45) is 0. The molecule has 120 valence electrons. The van der Waals surface area contributed by atoms with Gasteiger partial charge in [0.25, 0.3) is 0 Å². The van der Waals surface area contributed by atoms with Crippen molar-refractivity contribution in [2.24, 2.45) is 0 Å². The minimum atomic E-state index is -0.426. The summed E-state index contributed by atoms with van der Waals surface area (Å²) in [6.45, 7) is 0. The van der Waals surface area contributed by atoms with Gasteiger partial charge in [-0.25, -0.2) is 9.78 Å². The van der Waals surface area contributed by atoms with E-state index in [4.69, 9.17) is 4.42 Å². The molecule has 4 aromatic rings. The monoisotopic (exact) mass is 327 g/mol. The van der Waals surface area contributed by atoms with Gasteiger partial charge in [-0.15, -0.1) is 0 Å². The zero-order valence-electron chi connectivity index (χ0n) is 13.2. The molecule has 0 bridgehead atoms. The number of aromatic nitrogens is 1. The fourth-order valence-corrected chi connectivity index (χ4v) is 2.66. The number of fused-ring (bicyclic) bond motifs is 1. The smallest absolute Gasteiger partial charge is 0.347 e. The van der Waals surface area contributed by atoms with Crippen molar-refractivity contribution in [2.45, 2.75) is 0 Å². The molecule has 4 rings (SSSR count). The third-order valence-electron chi connectivity index (χ3n) is 3.97. The zero-order chi connectivity index (χ0) is 17.2. The Morgan fingerprint density at radius 2 is 1.40 bits per heavy atom. The highest BCUT2D eigenvalue weighted by atomic mass is 16.4. The van der Waals surface area contributed by atoms with Crippen molar-refractivity contribution < 1.29 is 9.21 Å². The van der Waals surface area contributed by atoms with E-state index in [-0.39, 0.29) is 11.7 Å². The molecule has 25 heavy (non-hydrogen) atoms. The molecule has 0 atom stereocenters. The lowest BCUT2D eigenvalue weighted by atomic mass is 10.0. The van der Waals surface area contributed by atoms with Gasteiger partial charge in [0.2, 0.25) is 5.89 Å². The first-order valence-corrected chi connectivity index (χ1v) is 7.82. The molecular weight excluding hydrogens is 314 g/mol. The van der Waals surface area contributed by atoms with Crippen molar-refractivity contribution in [1.29, 1.82) is 0 Å². The molecule has 0 saturated heterocycles. The molecular formula is C21H13NO3. The number of nitrogens with zero attached hydrogens (tertiary/aromatic N) is 1. The third kappa shape index (κ3) is 2.85. The highest BCUT2D eigenvalue weighted by Crippen LogP contribution is 2.20. The number of hydrogen-bond donors (Lipinski definition) is 0. The molecule has 1 heterocycles. The van der Waals surface area contributed by atoms with Gasteiger partial charge in [-0.3, -0.25) is 4.79 Å². The predicted octanol–water partition coefficient (Wildman–Crippen LogP) is 4.09. The fraction of sp³-hybridized carbons (Fsp3) is 0. The number of para-hydroxylation sites is 1. The van der Waals surface area contributed by atoms with E-state index in [1.165, 1.54) is 0 Å². The van der Waals surface area contributed by atoms with Gasteiger partial charge in [-0.05, 0) is 24.3 Å². The minimum Gasteiger partial charge on any atom is -0.403 e. The number of ketones is 1. The molecule has 3 aromatic carbocycles. The summed E-state index contributed by atoms with van der Waals surface area (Å²) in [5.74, 6) is 0.183. The summed E-state index contributed by atoms with van der Waals surface area (Å²) in [4.78, 5) is 28.9. The van der Waals surface area contributed by atoms with Crippen LogP contribution in [0.5, 0.6) is 0 Å². The van der Waals surface area contributed by atoms with Crippen LogP contribution >= 0.6 is 0 Å². The molecule has 0 aliphatic rings. The van der Waals surface area contributed by atoms with E-state index in [0.717, 1.165) is 0 Å². The maximum absolute atomic E-state index is 12.4. The van der Waals surface area contributed by atoms with Crippen LogP contribution in [-0.4, -0.2) is 10.8 Å². The van der Waals surface area contributed by atoms with Crippen molar-refractivity contribution in [3.63, 3.8) is 0 Å². The van der Waals surface area contributed by atoms with Crippen molar-refractivity contribution in [3.05, 3.63) is 100 Å².